The maximum atomic E-state index is 12.2. The molecule has 0 saturated heterocycles. The third-order valence-electron chi connectivity index (χ3n) is 2.93. The van der Waals surface area contributed by atoms with E-state index in [9.17, 15) is 9.90 Å². The van der Waals surface area contributed by atoms with Gasteiger partial charge in [-0.2, -0.15) is 0 Å². The second-order valence-electron chi connectivity index (χ2n) is 3.88. The van der Waals surface area contributed by atoms with E-state index >= 15 is 0 Å². The van der Waals surface area contributed by atoms with Crippen LogP contribution < -0.4 is 0 Å². The molecule has 0 saturated carbocycles. The van der Waals surface area contributed by atoms with E-state index in [0.29, 0.717) is 18.4 Å². The molecule has 0 fully saturated rings. The van der Waals surface area contributed by atoms with E-state index < -0.39 is 4.32 Å². The normalized spacial score (nSPS) is 23.6. The Kier molecular flexibility index (Phi) is 2.97. The van der Waals surface area contributed by atoms with Crippen LogP contribution in [0.1, 0.15) is 29.3 Å². The monoisotopic (exact) mass is 322 g/mol. The van der Waals surface area contributed by atoms with Crippen molar-refractivity contribution >= 4 is 44.9 Å². The first-order valence-electron chi connectivity index (χ1n) is 4.84. The van der Waals surface area contributed by atoms with Gasteiger partial charge in [0.15, 0.2) is 5.78 Å². The number of halogens is 3. The van der Waals surface area contributed by atoms with Gasteiger partial charge >= 0.3 is 0 Å². The molecule has 2 rings (SSSR count). The summed E-state index contributed by atoms with van der Waals surface area (Å²) in [6.07, 6.45) is 1.19. The number of hydrogen-bond acceptors (Lipinski definition) is 2. The molecule has 16 heavy (non-hydrogen) atoms. The summed E-state index contributed by atoms with van der Waals surface area (Å²) >= 11 is 15.2. The highest BCUT2D eigenvalue weighted by molar-refractivity contribution is 9.10. The van der Waals surface area contributed by atoms with E-state index in [1.165, 1.54) is 6.07 Å². The van der Waals surface area contributed by atoms with Crippen molar-refractivity contribution in [3.05, 3.63) is 27.2 Å². The number of carbonyl (C=O) groups excluding carboxylic acids is 1. The Morgan fingerprint density at radius 3 is 2.69 bits per heavy atom. The van der Waals surface area contributed by atoms with Gasteiger partial charge in [-0.05, 0) is 24.5 Å². The highest BCUT2D eigenvalue weighted by Gasteiger charge is 2.44. The fourth-order valence-corrected chi connectivity index (χ4v) is 2.89. The molecular formula is C11H9BrCl2O2. The molecule has 1 atom stereocenters. The van der Waals surface area contributed by atoms with Crippen LogP contribution in [0.15, 0.2) is 6.07 Å². The standard InChI is InChI=1S/C11H9BrCl2O2/c1-2-11(12)4-5-3-6(15)8(13)9(14)7(5)10(11)16/h3,15H,2,4H2,1H3. The van der Waals surface area contributed by atoms with Gasteiger partial charge in [0.25, 0.3) is 0 Å². The molecule has 0 aliphatic heterocycles. The fraction of sp³-hybridized carbons (Fsp3) is 0.364. The van der Waals surface area contributed by atoms with Gasteiger partial charge in [-0.3, -0.25) is 4.79 Å². The van der Waals surface area contributed by atoms with Crippen LogP contribution in [-0.2, 0) is 6.42 Å². The topological polar surface area (TPSA) is 37.3 Å². The van der Waals surface area contributed by atoms with Crippen LogP contribution in [0.5, 0.6) is 5.75 Å². The summed E-state index contributed by atoms with van der Waals surface area (Å²) in [5, 5.41) is 9.74. The summed E-state index contributed by atoms with van der Waals surface area (Å²) in [7, 11) is 0. The smallest absolute Gasteiger partial charge is 0.181 e. The summed E-state index contributed by atoms with van der Waals surface area (Å²) in [4.78, 5) is 12.2. The number of carbonyl (C=O) groups is 1. The second-order valence-corrected chi connectivity index (χ2v) is 6.16. The summed E-state index contributed by atoms with van der Waals surface area (Å²) in [5.41, 5.74) is 1.18. The van der Waals surface area contributed by atoms with E-state index in [4.69, 9.17) is 23.2 Å². The molecule has 0 radical (unpaired) electrons. The Hall–Kier alpha value is -0.250. The first-order chi connectivity index (χ1) is 7.40. The van der Waals surface area contributed by atoms with Crippen molar-refractivity contribution in [1.29, 1.82) is 0 Å². The number of alkyl halides is 1. The lowest BCUT2D eigenvalue weighted by Gasteiger charge is -2.16. The molecule has 2 nitrogen and oxygen atoms in total. The van der Waals surface area contributed by atoms with Crippen LogP contribution >= 0.6 is 39.1 Å². The predicted octanol–water partition coefficient (Wildman–Crippen LogP) is 3.98. The van der Waals surface area contributed by atoms with Crippen LogP contribution in [-0.4, -0.2) is 15.2 Å². The van der Waals surface area contributed by atoms with Crippen molar-refractivity contribution in [1.82, 2.24) is 0 Å². The van der Waals surface area contributed by atoms with Gasteiger partial charge < -0.3 is 5.11 Å². The maximum Gasteiger partial charge on any atom is 0.181 e. The van der Waals surface area contributed by atoms with Gasteiger partial charge in [0, 0.05) is 5.56 Å². The Morgan fingerprint density at radius 2 is 2.12 bits per heavy atom. The van der Waals surface area contributed by atoms with Crippen molar-refractivity contribution in [2.75, 3.05) is 0 Å². The van der Waals surface area contributed by atoms with E-state index in [1.54, 1.807) is 0 Å². The number of aromatic hydroxyl groups is 1. The number of phenols is 1. The Balaban J connectivity index is 2.66. The Bertz CT molecular complexity index is 487. The molecule has 1 aliphatic rings. The van der Waals surface area contributed by atoms with E-state index in [0.717, 1.165) is 5.56 Å². The van der Waals surface area contributed by atoms with E-state index in [2.05, 4.69) is 15.9 Å². The zero-order chi connectivity index (χ0) is 12.1. The van der Waals surface area contributed by atoms with Gasteiger partial charge in [0.2, 0.25) is 0 Å². The fourth-order valence-electron chi connectivity index (χ4n) is 1.94. The summed E-state index contributed by atoms with van der Waals surface area (Å²) < 4.78 is -0.601. The molecule has 1 aromatic rings. The first-order valence-corrected chi connectivity index (χ1v) is 6.39. The zero-order valence-corrected chi connectivity index (χ0v) is 11.6. The van der Waals surface area contributed by atoms with Gasteiger partial charge in [-0.25, -0.2) is 0 Å². The number of phenolic OH excluding ortho intramolecular Hbond substituents is 1. The molecule has 0 aromatic heterocycles. The van der Waals surface area contributed by atoms with Crippen molar-refractivity contribution in [3.63, 3.8) is 0 Å². The quantitative estimate of drug-likeness (QED) is 0.794. The highest BCUT2D eigenvalue weighted by atomic mass is 79.9. The third-order valence-corrected chi connectivity index (χ3v) is 4.99. The van der Waals surface area contributed by atoms with E-state index in [-0.39, 0.29) is 21.6 Å². The van der Waals surface area contributed by atoms with E-state index in [1.807, 2.05) is 6.92 Å². The minimum absolute atomic E-state index is 0.0432. The summed E-state index contributed by atoms with van der Waals surface area (Å²) in [5.74, 6) is -0.136. The molecule has 1 N–H and O–H groups in total. The molecule has 1 unspecified atom stereocenters. The molecular weight excluding hydrogens is 315 g/mol. The van der Waals surface area contributed by atoms with Crippen molar-refractivity contribution < 1.29 is 9.90 Å². The lowest BCUT2D eigenvalue weighted by Crippen LogP contribution is -2.27. The molecule has 0 amide bonds. The molecule has 1 aliphatic carbocycles. The SMILES string of the molecule is CCC1(Br)Cc2cc(O)c(Cl)c(Cl)c2C1=O. The maximum absolute atomic E-state index is 12.2. The minimum Gasteiger partial charge on any atom is -0.506 e. The van der Waals surface area contributed by atoms with Gasteiger partial charge in [0.1, 0.15) is 10.8 Å². The molecule has 5 heteroatoms. The predicted molar refractivity (Wildman–Crippen MR) is 68.1 cm³/mol. The number of hydrogen-bond donors (Lipinski definition) is 1. The van der Waals surface area contributed by atoms with Crippen LogP contribution in [0.3, 0.4) is 0 Å². The number of Topliss-reactive ketones (excluding diaryl/α,β-unsaturated/α-hetero) is 1. The van der Waals surface area contributed by atoms with Gasteiger partial charge in [-0.15, -0.1) is 0 Å². The van der Waals surface area contributed by atoms with Gasteiger partial charge in [0.05, 0.1) is 9.35 Å². The summed E-state index contributed by atoms with van der Waals surface area (Å²) in [6, 6.07) is 1.51. The number of benzene rings is 1. The minimum atomic E-state index is -0.601. The molecule has 86 valence electrons. The largest absolute Gasteiger partial charge is 0.506 e. The van der Waals surface area contributed by atoms with Crippen LogP contribution in [0.4, 0.5) is 0 Å². The average molecular weight is 324 g/mol. The van der Waals surface area contributed by atoms with Gasteiger partial charge in [-0.1, -0.05) is 46.1 Å². The van der Waals surface area contributed by atoms with Crippen molar-refractivity contribution in [3.8, 4) is 5.75 Å². The third kappa shape index (κ3) is 1.57. The molecule has 1 aromatic carbocycles. The Morgan fingerprint density at radius 1 is 1.50 bits per heavy atom. The van der Waals surface area contributed by atoms with Crippen LogP contribution in [0, 0.1) is 0 Å². The van der Waals surface area contributed by atoms with Crippen molar-refractivity contribution in [2.24, 2.45) is 0 Å². The zero-order valence-electron chi connectivity index (χ0n) is 8.48. The molecule has 0 bridgehead atoms. The summed E-state index contributed by atoms with van der Waals surface area (Å²) in [6.45, 7) is 1.92. The number of rotatable bonds is 1. The lowest BCUT2D eigenvalue weighted by atomic mass is 10.0. The second kappa shape index (κ2) is 3.90. The Labute approximate surface area is 112 Å². The molecule has 0 heterocycles. The number of ketones is 1. The van der Waals surface area contributed by atoms with Crippen LogP contribution in [0.25, 0.3) is 0 Å². The number of fused-ring (bicyclic) bond motifs is 1. The first kappa shape index (κ1) is 12.2. The molecule has 0 spiro atoms. The lowest BCUT2D eigenvalue weighted by molar-refractivity contribution is 0.0959. The highest BCUT2D eigenvalue weighted by Crippen LogP contribution is 2.46. The average Bonchev–Trinajstić information content (AvgIpc) is 2.49. The van der Waals surface area contributed by atoms with Crippen molar-refractivity contribution in [2.45, 2.75) is 24.1 Å². The van der Waals surface area contributed by atoms with Crippen LogP contribution in [0.2, 0.25) is 10.0 Å².